The molecule has 0 amide bonds. The Morgan fingerprint density at radius 1 is 0.880 bits per heavy atom. The molecule has 0 bridgehead atoms. The van der Waals surface area contributed by atoms with E-state index in [1.165, 1.54) is 0 Å². The van der Waals surface area contributed by atoms with Crippen molar-refractivity contribution in [2.75, 3.05) is 5.06 Å². The molecule has 0 spiro atoms. The highest BCUT2D eigenvalue weighted by atomic mass is 35.5. The predicted molar refractivity (Wildman–Crippen MR) is 105 cm³/mol. The number of halogens is 2. The van der Waals surface area contributed by atoms with E-state index in [9.17, 15) is 5.21 Å². The van der Waals surface area contributed by atoms with Crippen LogP contribution in [0.1, 0.15) is 11.1 Å². The van der Waals surface area contributed by atoms with E-state index in [4.69, 9.17) is 23.2 Å². The Morgan fingerprint density at radius 3 is 2.16 bits per heavy atom. The Bertz CT molecular complexity index is 893. The summed E-state index contributed by atoms with van der Waals surface area (Å²) in [5.74, 6) is 0.411. The summed E-state index contributed by atoms with van der Waals surface area (Å²) in [6.07, 6.45) is 0. The van der Waals surface area contributed by atoms with E-state index in [0.29, 0.717) is 21.6 Å². The first-order chi connectivity index (χ1) is 12.0. The van der Waals surface area contributed by atoms with Crippen molar-refractivity contribution < 1.29 is 5.21 Å². The highest BCUT2D eigenvalue weighted by Gasteiger charge is 2.14. The van der Waals surface area contributed by atoms with Crippen molar-refractivity contribution in [2.24, 2.45) is 4.99 Å². The first-order valence-electron chi connectivity index (χ1n) is 7.69. The van der Waals surface area contributed by atoms with Gasteiger partial charge in [-0.05, 0) is 55.0 Å². The maximum absolute atomic E-state index is 10.8. The predicted octanol–water partition coefficient (Wildman–Crippen LogP) is 6.28. The van der Waals surface area contributed by atoms with Crippen molar-refractivity contribution in [1.82, 2.24) is 0 Å². The van der Waals surface area contributed by atoms with Crippen LogP contribution in [0.3, 0.4) is 0 Å². The highest BCUT2D eigenvalue weighted by molar-refractivity contribution is 6.31. The van der Waals surface area contributed by atoms with Gasteiger partial charge in [0.05, 0.1) is 11.4 Å². The lowest BCUT2D eigenvalue weighted by Crippen LogP contribution is -2.27. The molecular formula is C20H16Cl2N2O. The van der Waals surface area contributed by atoms with Crippen molar-refractivity contribution in [3.8, 4) is 0 Å². The first-order valence-corrected chi connectivity index (χ1v) is 8.45. The van der Waals surface area contributed by atoms with Crippen LogP contribution in [0.2, 0.25) is 10.0 Å². The molecule has 0 aliphatic carbocycles. The SMILES string of the molecule is Cc1cc(Cl)ccc1N=C(c1ccccc1)N(O)c1ccc(Cl)cc1. The third-order valence-corrected chi connectivity index (χ3v) is 4.18. The quantitative estimate of drug-likeness (QED) is 0.334. The van der Waals surface area contributed by atoms with E-state index in [0.717, 1.165) is 21.9 Å². The molecular weight excluding hydrogens is 355 g/mol. The molecule has 0 heterocycles. The summed E-state index contributed by atoms with van der Waals surface area (Å²) in [7, 11) is 0. The molecule has 0 aliphatic rings. The molecule has 5 heteroatoms. The molecule has 0 aliphatic heterocycles. The largest absolute Gasteiger partial charge is 0.282 e. The Hall–Kier alpha value is -2.33. The highest BCUT2D eigenvalue weighted by Crippen LogP contribution is 2.25. The van der Waals surface area contributed by atoms with Crippen LogP contribution < -0.4 is 5.06 Å². The van der Waals surface area contributed by atoms with Gasteiger partial charge < -0.3 is 0 Å². The second kappa shape index (κ2) is 7.70. The minimum absolute atomic E-state index is 0.411. The molecule has 0 saturated carbocycles. The zero-order valence-electron chi connectivity index (χ0n) is 13.5. The fourth-order valence-corrected chi connectivity index (χ4v) is 2.74. The maximum Gasteiger partial charge on any atom is 0.165 e. The van der Waals surface area contributed by atoms with Crippen molar-refractivity contribution in [3.05, 3.63) is 94.0 Å². The number of aryl methyl sites for hydroxylation is 1. The van der Waals surface area contributed by atoms with Crippen LogP contribution in [0.15, 0.2) is 77.8 Å². The molecule has 0 atom stereocenters. The van der Waals surface area contributed by atoms with E-state index < -0.39 is 0 Å². The van der Waals surface area contributed by atoms with Crippen molar-refractivity contribution in [3.63, 3.8) is 0 Å². The zero-order chi connectivity index (χ0) is 17.8. The molecule has 0 aromatic heterocycles. The summed E-state index contributed by atoms with van der Waals surface area (Å²) in [6, 6.07) is 21.8. The Morgan fingerprint density at radius 2 is 1.52 bits per heavy atom. The van der Waals surface area contributed by atoms with Gasteiger partial charge in [0.25, 0.3) is 0 Å². The van der Waals surface area contributed by atoms with Gasteiger partial charge in [-0.1, -0.05) is 53.5 Å². The number of hydrogen-bond acceptors (Lipinski definition) is 2. The number of amidine groups is 1. The van der Waals surface area contributed by atoms with Gasteiger partial charge in [0.15, 0.2) is 5.84 Å². The van der Waals surface area contributed by atoms with Crippen LogP contribution in [0.25, 0.3) is 0 Å². The Balaban J connectivity index is 2.09. The van der Waals surface area contributed by atoms with Gasteiger partial charge in [-0.2, -0.15) is 0 Å². The number of nitrogens with zero attached hydrogens (tertiary/aromatic N) is 2. The smallest absolute Gasteiger partial charge is 0.165 e. The van der Waals surface area contributed by atoms with Gasteiger partial charge in [0.1, 0.15) is 0 Å². The molecule has 3 nitrogen and oxygen atoms in total. The van der Waals surface area contributed by atoms with Crippen LogP contribution in [-0.4, -0.2) is 11.0 Å². The molecule has 3 aromatic rings. The summed E-state index contributed by atoms with van der Waals surface area (Å²) in [4.78, 5) is 4.67. The summed E-state index contributed by atoms with van der Waals surface area (Å²) in [5.41, 5.74) is 3.01. The van der Waals surface area contributed by atoms with Crippen LogP contribution in [-0.2, 0) is 0 Å². The standard InChI is InChI=1S/C20H16Cl2N2O/c1-14-13-17(22)9-12-19(14)23-20(15-5-3-2-4-6-15)24(25)18-10-7-16(21)8-11-18/h2-13,25H,1H3. The molecule has 0 saturated heterocycles. The van der Waals surface area contributed by atoms with E-state index in [-0.39, 0.29) is 0 Å². The van der Waals surface area contributed by atoms with Gasteiger partial charge in [-0.15, -0.1) is 0 Å². The Labute approximate surface area is 156 Å². The van der Waals surface area contributed by atoms with E-state index >= 15 is 0 Å². The van der Waals surface area contributed by atoms with Crippen molar-refractivity contribution >= 4 is 40.4 Å². The van der Waals surface area contributed by atoms with E-state index in [2.05, 4.69) is 4.99 Å². The fraction of sp³-hybridized carbons (Fsp3) is 0.0500. The zero-order valence-corrected chi connectivity index (χ0v) is 15.0. The average Bonchev–Trinajstić information content (AvgIpc) is 2.62. The van der Waals surface area contributed by atoms with Gasteiger partial charge in [-0.25, -0.2) is 10.1 Å². The van der Waals surface area contributed by atoms with E-state index in [1.54, 1.807) is 30.3 Å². The van der Waals surface area contributed by atoms with Crippen LogP contribution in [0.4, 0.5) is 11.4 Å². The van der Waals surface area contributed by atoms with Crippen molar-refractivity contribution in [1.29, 1.82) is 0 Å². The lowest BCUT2D eigenvalue weighted by atomic mass is 10.1. The number of hydroxylamine groups is 1. The molecule has 1 N–H and O–H groups in total. The number of benzene rings is 3. The van der Waals surface area contributed by atoms with Gasteiger partial charge >= 0.3 is 0 Å². The normalized spacial score (nSPS) is 11.4. The molecule has 25 heavy (non-hydrogen) atoms. The monoisotopic (exact) mass is 370 g/mol. The Kier molecular flexibility index (Phi) is 5.39. The van der Waals surface area contributed by atoms with Crippen LogP contribution in [0.5, 0.6) is 0 Å². The van der Waals surface area contributed by atoms with Gasteiger partial charge in [-0.3, -0.25) is 5.21 Å². The number of hydrogen-bond donors (Lipinski definition) is 1. The topological polar surface area (TPSA) is 35.8 Å². The minimum Gasteiger partial charge on any atom is -0.282 e. The van der Waals surface area contributed by atoms with Crippen LogP contribution >= 0.6 is 23.2 Å². The molecule has 0 unspecified atom stereocenters. The number of aliphatic imine (C=N–C) groups is 1. The summed E-state index contributed by atoms with van der Waals surface area (Å²) in [5, 5.41) is 13.1. The van der Waals surface area contributed by atoms with Crippen molar-refractivity contribution in [2.45, 2.75) is 6.92 Å². The second-order valence-electron chi connectivity index (χ2n) is 5.52. The molecule has 3 rings (SSSR count). The summed E-state index contributed by atoms with van der Waals surface area (Å²) < 4.78 is 0. The van der Waals surface area contributed by atoms with E-state index in [1.807, 2.05) is 49.4 Å². The van der Waals surface area contributed by atoms with Gasteiger partial charge in [0.2, 0.25) is 0 Å². The summed E-state index contributed by atoms with van der Waals surface area (Å²) in [6.45, 7) is 1.93. The molecule has 0 fully saturated rings. The minimum atomic E-state index is 0.411. The average molecular weight is 371 g/mol. The molecule has 3 aromatic carbocycles. The van der Waals surface area contributed by atoms with Gasteiger partial charge in [0, 0.05) is 15.6 Å². The maximum atomic E-state index is 10.8. The fourth-order valence-electron chi connectivity index (χ4n) is 2.38. The molecule has 126 valence electrons. The third-order valence-electron chi connectivity index (χ3n) is 3.69. The second-order valence-corrected chi connectivity index (χ2v) is 6.39. The van der Waals surface area contributed by atoms with Crippen LogP contribution in [0, 0.1) is 6.92 Å². The lowest BCUT2D eigenvalue weighted by Gasteiger charge is -2.20. The lowest BCUT2D eigenvalue weighted by molar-refractivity contribution is 0.313. The number of rotatable bonds is 3. The first kappa shape index (κ1) is 17.5. The number of anilines is 1. The summed E-state index contributed by atoms with van der Waals surface area (Å²) >= 11 is 12.0. The third kappa shape index (κ3) is 4.20. The molecule has 0 radical (unpaired) electrons.